The van der Waals surface area contributed by atoms with Gasteiger partial charge in [0.25, 0.3) is 0 Å². The molecule has 1 saturated heterocycles. The number of carbonyl (C=O) groups is 1. The van der Waals surface area contributed by atoms with Gasteiger partial charge in [-0.25, -0.2) is 9.48 Å². The molecule has 1 aromatic heterocycles. The predicted molar refractivity (Wildman–Crippen MR) is 152 cm³/mol. The first-order valence-corrected chi connectivity index (χ1v) is 14.6. The number of benzene rings is 2. The summed E-state index contributed by atoms with van der Waals surface area (Å²) in [5.41, 5.74) is 3.32. The molecular formula is C31H42N6O2. The maximum absolute atomic E-state index is 13.1. The summed E-state index contributed by atoms with van der Waals surface area (Å²) in [4.78, 5) is 18.0. The number of carbonyl (C=O) groups excluding carboxylic acids is 1. The minimum Gasteiger partial charge on any atom is -0.446 e. The van der Waals surface area contributed by atoms with E-state index >= 15 is 0 Å². The van der Waals surface area contributed by atoms with Gasteiger partial charge in [0.2, 0.25) is 0 Å². The van der Waals surface area contributed by atoms with E-state index in [9.17, 15) is 4.79 Å². The van der Waals surface area contributed by atoms with Crippen LogP contribution in [-0.4, -0.2) is 75.8 Å². The van der Waals surface area contributed by atoms with Crippen LogP contribution in [0, 0.1) is 0 Å². The number of nitrogens with zero attached hydrogens (tertiary/aromatic N) is 5. The van der Waals surface area contributed by atoms with Crippen molar-refractivity contribution in [1.82, 2.24) is 30.1 Å². The van der Waals surface area contributed by atoms with Crippen molar-refractivity contribution in [3.63, 3.8) is 0 Å². The van der Waals surface area contributed by atoms with Crippen LogP contribution >= 0.6 is 0 Å². The summed E-state index contributed by atoms with van der Waals surface area (Å²) >= 11 is 0. The summed E-state index contributed by atoms with van der Waals surface area (Å²) in [6.07, 6.45) is 7.28. The normalized spacial score (nSPS) is 18.6. The SMILES string of the molecule is CCN1CCN(Cc2cn([C@@H](Cc3ccccc3)[C@H](Cc3ccccc3)NC(=O)OC3CCCC3)nn2)CC1. The van der Waals surface area contributed by atoms with Gasteiger partial charge in [0.15, 0.2) is 0 Å². The molecule has 2 aromatic carbocycles. The molecule has 2 atom stereocenters. The van der Waals surface area contributed by atoms with Crippen LogP contribution < -0.4 is 5.32 Å². The van der Waals surface area contributed by atoms with E-state index in [1.165, 1.54) is 5.56 Å². The highest BCUT2D eigenvalue weighted by atomic mass is 16.6. The summed E-state index contributed by atoms with van der Waals surface area (Å²) in [7, 11) is 0. The molecule has 208 valence electrons. The van der Waals surface area contributed by atoms with Crippen molar-refractivity contribution in [1.29, 1.82) is 0 Å². The predicted octanol–water partition coefficient (Wildman–Crippen LogP) is 4.48. The van der Waals surface area contributed by atoms with Crippen molar-refractivity contribution in [3.8, 4) is 0 Å². The summed E-state index contributed by atoms with van der Waals surface area (Å²) < 4.78 is 7.80. The van der Waals surface area contributed by atoms with E-state index in [2.05, 4.69) is 74.9 Å². The second-order valence-electron chi connectivity index (χ2n) is 10.9. The van der Waals surface area contributed by atoms with Gasteiger partial charge in [-0.05, 0) is 56.2 Å². The molecule has 0 bridgehead atoms. The fraction of sp³-hybridized carbons (Fsp3) is 0.516. The monoisotopic (exact) mass is 530 g/mol. The number of likely N-dealkylation sites (N-methyl/N-ethyl adjacent to an activating group) is 1. The molecule has 2 fully saturated rings. The Kier molecular flexibility index (Phi) is 9.61. The highest BCUT2D eigenvalue weighted by Gasteiger charge is 2.29. The molecule has 2 heterocycles. The zero-order valence-corrected chi connectivity index (χ0v) is 23.1. The van der Waals surface area contributed by atoms with Crippen molar-refractivity contribution in [3.05, 3.63) is 83.7 Å². The van der Waals surface area contributed by atoms with Crippen LogP contribution in [0.4, 0.5) is 4.79 Å². The van der Waals surface area contributed by atoms with Gasteiger partial charge >= 0.3 is 6.09 Å². The minimum absolute atomic E-state index is 0.0149. The molecule has 0 spiro atoms. The second-order valence-corrected chi connectivity index (χ2v) is 10.9. The highest BCUT2D eigenvalue weighted by molar-refractivity contribution is 5.68. The maximum Gasteiger partial charge on any atom is 0.407 e. The molecule has 8 heteroatoms. The number of piperazine rings is 1. The van der Waals surface area contributed by atoms with Gasteiger partial charge in [0, 0.05) is 32.7 Å². The summed E-state index contributed by atoms with van der Waals surface area (Å²) in [5, 5.41) is 12.4. The van der Waals surface area contributed by atoms with Crippen LogP contribution in [0.5, 0.6) is 0 Å². The van der Waals surface area contributed by atoms with Crippen molar-refractivity contribution in [2.24, 2.45) is 0 Å². The quantitative estimate of drug-likeness (QED) is 0.394. The number of amides is 1. The number of rotatable bonds is 11. The molecule has 2 aliphatic rings. The number of alkyl carbamates (subject to hydrolysis) is 1. The molecule has 1 saturated carbocycles. The molecule has 8 nitrogen and oxygen atoms in total. The Morgan fingerprint density at radius 3 is 2.18 bits per heavy atom. The molecule has 1 aliphatic heterocycles. The zero-order chi connectivity index (χ0) is 26.9. The first kappa shape index (κ1) is 27.3. The van der Waals surface area contributed by atoms with Crippen LogP contribution in [0.25, 0.3) is 0 Å². The summed E-state index contributed by atoms with van der Waals surface area (Å²) in [5.74, 6) is 0. The number of hydrogen-bond donors (Lipinski definition) is 1. The van der Waals surface area contributed by atoms with Gasteiger partial charge < -0.3 is 15.0 Å². The molecule has 1 aliphatic carbocycles. The van der Waals surface area contributed by atoms with Gasteiger partial charge in [-0.3, -0.25) is 4.90 Å². The largest absolute Gasteiger partial charge is 0.446 e. The topological polar surface area (TPSA) is 75.5 Å². The lowest BCUT2D eigenvalue weighted by molar-refractivity contribution is 0.0946. The van der Waals surface area contributed by atoms with Crippen LogP contribution in [0.15, 0.2) is 66.9 Å². The lowest BCUT2D eigenvalue weighted by atomic mass is 9.94. The Morgan fingerprint density at radius 2 is 1.54 bits per heavy atom. The van der Waals surface area contributed by atoms with Crippen LogP contribution in [0.2, 0.25) is 0 Å². The van der Waals surface area contributed by atoms with Gasteiger partial charge in [-0.1, -0.05) is 72.8 Å². The Hall–Kier alpha value is -3.23. The van der Waals surface area contributed by atoms with E-state index in [0.29, 0.717) is 6.42 Å². The number of ether oxygens (including phenoxy) is 1. The Bertz CT molecular complexity index is 1140. The Labute approximate surface area is 232 Å². The van der Waals surface area contributed by atoms with Crippen LogP contribution in [-0.2, 0) is 24.1 Å². The van der Waals surface area contributed by atoms with Gasteiger partial charge in [-0.15, -0.1) is 5.10 Å². The average Bonchev–Trinajstić information content (AvgIpc) is 3.65. The first-order chi connectivity index (χ1) is 19.2. The molecule has 0 unspecified atom stereocenters. The van der Waals surface area contributed by atoms with Gasteiger partial charge in [0.05, 0.1) is 24.0 Å². The number of nitrogens with one attached hydrogen (secondary N) is 1. The third kappa shape index (κ3) is 7.90. The van der Waals surface area contributed by atoms with E-state index in [-0.39, 0.29) is 24.3 Å². The van der Waals surface area contributed by atoms with E-state index in [1.807, 2.05) is 28.9 Å². The smallest absolute Gasteiger partial charge is 0.407 e. The Morgan fingerprint density at radius 1 is 0.923 bits per heavy atom. The zero-order valence-electron chi connectivity index (χ0n) is 23.1. The average molecular weight is 531 g/mol. The van der Waals surface area contributed by atoms with Gasteiger partial charge in [0.1, 0.15) is 6.10 Å². The molecule has 5 rings (SSSR count). The lowest BCUT2D eigenvalue weighted by Crippen LogP contribution is -2.45. The minimum atomic E-state index is -0.338. The van der Waals surface area contributed by atoms with Crippen molar-refractivity contribution in [2.75, 3.05) is 32.7 Å². The van der Waals surface area contributed by atoms with Crippen molar-refractivity contribution >= 4 is 6.09 Å². The summed E-state index contributed by atoms with van der Waals surface area (Å²) in [6, 6.07) is 20.4. The number of aromatic nitrogens is 3. The molecule has 1 N–H and O–H groups in total. The van der Waals surface area contributed by atoms with E-state index in [1.54, 1.807) is 0 Å². The molecule has 0 radical (unpaired) electrons. The standard InChI is InChI=1S/C31H42N6O2/c1-2-35-17-19-36(20-18-35)23-27-24-37(34-33-27)30(22-26-13-7-4-8-14-26)29(21-25-11-5-3-6-12-25)32-31(38)39-28-15-9-10-16-28/h3-8,11-14,24,28-30H,2,9-10,15-23H2,1H3,(H,32,38)/t29-,30-/m0/s1. The maximum atomic E-state index is 13.1. The lowest BCUT2D eigenvalue weighted by Gasteiger charge is -2.33. The van der Waals surface area contributed by atoms with E-state index in [0.717, 1.165) is 82.6 Å². The van der Waals surface area contributed by atoms with E-state index in [4.69, 9.17) is 4.74 Å². The molecule has 1 amide bonds. The van der Waals surface area contributed by atoms with Crippen molar-refractivity contribution in [2.45, 2.75) is 70.2 Å². The fourth-order valence-electron chi connectivity index (χ4n) is 5.81. The van der Waals surface area contributed by atoms with Crippen LogP contribution in [0.3, 0.4) is 0 Å². The first-order valence-electron chi connectivity index (χ1n) is 14.6. The van der Waals surface area contributed by atoms with Crippen molar-refractivity contribution < 1.29 is 9.53 Å². The molecule has 3 aromatic rings. The molecule has 39 heavy (non-hydrogen) atoms. The third-order valence-electron chi connectivity index (χ3n) is 8.12. The van der Waals surface area contributed by atoms with Crippen LogP contribution in [0.1, 0.15) is 55.5 Å². The summed E-state index contributed by atoms with van der Waals surface area (Å²) in [6.45, 7) is 8.37. The van der Waals surface area contributed by atoms with E-state index < -0.39 is 0 Å². The molecular weight excluding hydrogens is 488 g/mol. The highest BCUT2D eigenvalue weighted by Crippen LogP contribution is 2.24. The third-order valence-corrected chi connectivity index (χ3v) is 8.12. The second kappa shape index (κ2) is 13.7. The fourth-order valence-corrected chi connectivity index (χ4v) is 5.81. The Balaban J connectivity index is 1.37. The number of hydrogen-bond acceptors (Lipinski definition) is 6. The van der Waals surface area contributed by atoms with Gasteiger partial charge in [-0.2, -0.15) is 0 Å².